The minimum atomic E-state index is -1.21. The van der Waals surface area contributed by atoms with Crippen molar-refractivity contribution in [3.63, 3.8) is 0 Å². The van der Waals surface area contributed by atoms with E-state index in [2.05, 4.69) is 17.9 Å². The molecule has 3 amide bonds. The molecule has 0 aliphatic carbocycles. The first-order chi connectivity index (χ1) is 14.2. The van der Waals surface area contributed by atoms with Gasteiger partial charge in [-0.25, -0.2) is 4.79 Å². The normalized spacial score (nSPS) is 23.1. The zero-order valence-corrected chi connectivity index (χ0v) is 17.4. The van der Waals surface area contributed by atoms with E-state index in [0.717, 1.165) is 0 Å². The summed E-state index contributed by atoms with van der Waals surface area (Å²) in [6.45, 7) is 0.667. The number of thiol groups is 1. The van der Waals surface area contributed by atoms with Gasteiger partial charge in [-0.05, 0) is 32.1 Å². The molecule has 0 saturated carbocycles. The van der Waals surface area contributed by atoms with Crippen LogP contribution in [0.25, 0.3) is 0 Å². The molecule has 2 rings (SSSR count). The van der Waals surface area contributed by atoms with E-state index in [0.29, 0.717) is 38.8 Å². The lowest BCUT2D eigenvalue weighted by molar-refractivity contribution is -0.148. The largest absolute Gasteiger partial charge is 0.481 e. The maximum absolute atomic E-state index is 13.1. The Labute approximate surface area is 179 Å². The minimum absolute atomic E-state index is 0.0272. The number of hydrogen-bond donors (Lipinski definition) is 5. The maximum atomic E-state index is 13.1. The van der Waals surface area contributed by atoms with E-state index in [1.807, 2.05) is 0 Å². The number of carboxylic acids is 2. The third-order valence-corrected chi connectivity index (χ3v) is 5.81. The number of carbonyl (C=O) groups excluding carboxylic acids is 3. The summed E-state index contributed by atoms with van der Waals surface area (Å²) in [5.41, 5.74) is 5.83. The van der Waals surface area contributed by atoms with Gasteiger partial charge in [0.15, 0.2) is 0 Å². The molecule has 168 valence electrons. The van der Waals surface area contributed by atoms with E-state index in [1.165, 1.54) is 9.80 Å². The zero-order chi connectivity index (χ0) is 22.4. The molecule has 0 spiro atoms. The predicted molar refractivity (Wildman–Crippen MR) is 108 cm³/mol. The summed E-state index contributed by atoms with van der Waals surface area (Å²) in [4.78, 5) is 63.0. The number of likely N-dealkylation sites (tertiary alicyclic amines) is 2. The average molecular weight is 445 g/mol. The highest BCUT2D eigenvalue weighted by atomic mass is 32.1. The molecule has 0 radical (unpaired) electrons. The second-order valence-electron chi connectivity index (χ2n) is 7.50. The van der Waals surface area contributed by atoms with Gasteiger partial charge in [0.05, 0.1) is 6.04 Å². The number of rotatable bonds is 9. The van der Waals surface area contributed by atoms with E-state index >= 15 is 0 Å². The number of carboxylic acid groups (broad SMARTS) is 2. The van der Waals surface area contributed by atoms with Crippen LogP contribution in [0.5, 0.6) is 0 Å². The first-order valence-electron chi connectivity index (χ1n) is 9.89. The Kier molecular flexibility index (Phi) is 8.47. The molecule has 11 nitrogen and oxygen atoms in total. The molecule has 30 heavy (non-hydrogen) atoms. The Morgan fingerprint density at radius 3 is 2.20 bits per heavy atom. The number of nitrogens with two attached hydrogens (primary N) is 1. The van der Waals surface area contributed by atoms with Crippen molar-refractivity contribution in [2.45, 2.75) is 62.7 Å². The third kappa shape index (κ3) is 5.63. The number of nitrogens with zero attached hydrogens (tertiary/aromatic N) is 2. The SMILES string of the molecule is NC(CCC(=O)O)C(=O)N1CCCC1C(=O)N1CCCC1C(=O)NC(CS)C(=O)O. The first kappa shape index (κ1) is 23.9. The second kappa shape index (κ2) is 10.6. The summed E-state index contributed by atoms with van der Waals surface area (Å²) in [5.74, 6) is -3.76. The Hall–Kier alpha value is -2.34. The van der Waals surface area contributed by atoms with Gasteiger partial charge in [0.2, 0.25) is 17.7 Å². The van der Waals surface area contributed by atoms with Crippen molar-refractivity contribution in [1.29, 1.82) is 0 Å². The highest BCUT2D eigenvalue weighted by molar-refractivity contribution is 7.80. The molecule has 12 heteroatoms. The quantitative estimate of drug-likeness (QED) is 0.272. The molecular weight excluding hydrogens is 416 g/mol. The third-order valence-electron chi connectivity index (χ3n) is 5.44. The predicted octanol–water partition coefficient (Wildman–Crippen LogP) is -1.34. The van der Waals surface area contributed by atoms with E-state index in [4.69, 9.17) is 15.9 Å². The average Bonchev–Trinajstić information content (AvgIpc) is 3.38. The number of amides is 3. The van der Waals surface area contributed by atoms with Crippen LogP contribution < -0.4 is 11.1 Å². The number of nitrogens with one attached hydrogen (secondary N) is 1. The number of carbonyl (C=O) groups is 5. The second-order valence-corrected chi connectivity index (χ2v) is 7.87. The molecule has 0 aromatic rings. The van der Waals surface area contributed by atoms with Gasteiger partial charge in [0, 0.05) is 25.3 Å². The van der Waals surface area contributed by atoms with Crippen LogP contribution in [0.4, 0.5) is 0 Å². The minimum Gasteiger partial charge on any atom is -0.481 e. The summed E-state index contributed by atoms with van der Waals surface area (Å²) in [6.07, 6.45) is 1.73. The van der Waals surface area contributed by atoms with Gasteiger partial charge < -0.3 is 31.1 Å². The van der Waals surface area contributed by atoms with Crippen molar-refractivity contribution in [3.05, 3.63) is 0 Å². The zero-order valence-electron chi connectivity index (χ0n) is 16.5. The molecule has 5 N–H and O–H groups in total. The van der Waals surface area contributed by atoms with Crippen LogP contribution in [0.3, 0.4) is 0 Å². The first-order valence-corrected chi connectivity index (χ1v) is 10.5. The molecule has 2 fully saturated rings. The van der Waals surface area contributed by atoms with Crippen LogP contribution in [0.1, 0.15) is 38.5 Å². The molecular formula is C18H28N4O7S. The van der Waals surface area contributed by atoms with Crippen LogP contribution in [-0.2, 0) is 24.0 Å². The summed E-state index contributed by atoms with van der Waals surface area (Å²) in [5, 5.41) is 20.3. The number of hydrogen-bond acceptors (Lipinski definition) is 7. The fourth-order valence-electron chi connectivity index (χ4n) is 3.85. The Bertz CT molecular complexity index is 704. The van der Waals surface area contributed by atoms with Crippen molar-refractivity contribution in [1.82, 2.24) is 15.1 Å². The molecule has 0 bridgehead atoms. The van der Waals surface area contributed by atoms with Gasteiger partial charge in [-0.1, -0.05) is 0 Å². The summed E-state index contributed by atoms with van der Waals surface area (Å²) in [7, 11) is 0. The van der Waals surface area contributed by atoms with E-state index in [1.54, 1.807) is 0 Å². The van der Waals surface area contributed by atoms with Crippen LogP contribution in [0, 0.1) is 0 Å². The lowest BCUT2D eigenvalue weighted by atomic mass is 10.1. The van der Waals surface area contributed by atoms with Crippen LogP contribution in [-0.4, -0.2) is 92.7 Å². The van der Waals surface area contributed by atoms with Gasteiger partial charge in [-0.3, -0.25) is 19.2 Å². The summed E-state index contributed by atoms with van der Waals surface area (Å²) >= 11 is 3.92. The smallest absolute Gasteiger partial charge is 0.327 e. The Morgan fingerprint density at radius 1 is 1.03 bits per heavy atom. The molecule has 4 atom stereocenters. The fourth-order valence-corrected chi connectivity index (χ4v) is 4.10. The van der Waals surface area contributed by atoms with E-state index in [-0.39, 0.29) is 24.5 Å². The van der Waals surface area contributed by atoms with E-state index in [9.17, 15) is 24.0 Å². The molecule has 4 unspecified atom stereocenters. The summed E-state index contributed by atoms with van der Waals surface area (Å²) < 4.78 is 0. The molecule has 0 aromatic carbocycles. The highest BCUT2D eigenvalue weighted by Gasteiger charge is 2.43. The van der Waals surface area contributed by atoms with E-state index < -0.39 is 47.9 Å². The van der Waals surface area contributed by atoms with Gasteiger partial charge in [0.25, 0.3) is 0 Å². The van der Waals surface area contributed by atoms with Crippen LogP contribution in [0.2, 0.25) is 0 Å². The highest BCUT2D eigenvalue weighted by Crippen LogP contribution is 2.26. The van der Waals surface area contributed by atoms with Gasteiger partial charge >= 0.3 is 11.9 Å². The molecule has 0 aromatic heterocycles. The lowest BCUT2D eigenvalue weighted by Crippen LogP contribution is -2.56. The molecule has 2 saturated heterocycles. The fraction of sp³-hybridized carbons (Fsp3) is 0.722. The molecule has 2 aliphatic rings. The number of aliphatic carboxylic acids is 2. The van der Waals surface area contributed by atoms with Gasteiger partial charge in [0.1, 0.15) is 18.1 Å². The van der Waals surface area contributed by atoms with Crippen molar-refractivity contribution in [2.75, 3.05) is 18.8 Å². The maximum Gasteiger partial charge on any atom is 0.327 e. The van der Waals surface area contributed by atoms with Crippen LogP contribution in [0.15, 0.2) is 0 Å². The lowest BCUT2D eigenvalue weighted by Gasteiger charge is -2.32. The van der Waals surface area contributed by atoms with Crippen molar-refractivity contribution >= 4 is 42.3 Å². The van der Waals surface area contributed by atoms with Gasteiger partial charge in [-0.2, -0.15) is 12.6 Å². The molecule has 2 aliphatic heterocycles. The van der Waals surface area contributed by atoms with Crippen molar-refractivity contribution in [3.8, 4) is 0 Å². The summed E-state index contributed by atoms with van der Waals surface area (Å²) in [6, 6.07) is -3.74. The Morgan fingerprint density at radius 2 is 1.63 bits per heavy atom. The van der Waals surface area contributed by atoms with Gasteiger partial charge in [-0.15, -0.1) is 0 Å². The van der Waals surface area contributed by atoms with Crippen molar-refractivity contribution < 1.29 is 34.2 Å². The van der Waals surface area contributed by atoms with Crippen LogP contribution >= 0.6 is 12.6 Å². The monoisotopic (exact) mass is 444 g/mol. The van der Waals surface area contributed by atoms with Crippen molar-refractivity contribution in [2.24, 2.45) is 5.73 Å². The standard InChI is InChI=1S/C18H28N4O7S/c19-10(5-6-14(23)24)16(26)22-8-2-4-13(22)17(27)21-7-1-3-12(21)15(25)20-11(9-30)18(28)29/h10-13,30H,1-9,19H2,(H,20,25)(H,23,24)(H,28,29). The molecule has 2 heterocycles. The topological polar surface area (TPSA) is 170 Å². The Balaban J connectivity index is 2.06.